The molecule has 2 heterocycles. The third-order valence-electron chi connectivity index (χ3n) is 6.55. The number of amides is 2. The maximum absolute atomic E-state index is 13.6. The number of rotatable bonds is 9. The van der Waals surface area contributed by atoms with Crippen LogP contribution < -0.4 is 0 Å². The van der Waals surface area contributed by atoms with Crippen molar-refractivity contribution in [3.8, 4) is 0 Å². The Balaban J connectivity index is 1.62. The van der Waals surface area contributed by atoms with E-state index in [1.807, 2.05) is 32.0 Å². The van der Waals surface area contributed by atoms with Gasteiger partial charge in [-0.25, -0.2) is 0 Å². The number of imide groups is 1. The molecule has 0 spiro atoms. The molecule has 2 aliphatic heterocycles. The van der Waals surface area contributed by atoms with Crippen LogP contribution in [0.3, 0.4) is 0 Å². The van der Waals surface area contributed by atoms with Crippen molar-refractivity contribution < 1.29 is 14.3 Å². The second kappa shape index (κ2) is 10.3. The first-order valence-electron chi connectivity index (χ1n) is 12.1. The third kappa shape index (κ3) is 4.88. The number of nitrogens with zero attached hydrogens (tertiary/aromatic N) is 2. The summed E-state index contributed by atoms with van der Waals surface area (Å²) in [4.78, 5) is 30.7. The summed E-state index contributed by atoms with van der Waals surface area (Å²) < 4.78 is 5.66. The van der Waals surface area contributed by atoms with Gasteiger partial charge in [-0.3, -0.25) is 14.5 Å². The summed E-state index contributed by atoms with van der Waals surface area (Å²) in [7, 11) is 0. The monoisotopic (exact) mass is 446 g/mol. The van der Waals surface area contributed by atoms with Gasteiger partial charge < -0.3 is 9.64 Å². The summed E-state index contributed by atoms with van der Waals surface area (Å²) >= 11 is 0. The highest BCUT2D eigenvalue weighted by molar-refractivity contribution is 6.35. The summed E-state index contributed by atoms with van der Waals surface area (Å²) in [5, 5.41) is 0. The van der Waals surface area contributed by atoms with Crippen molar-refractivity contribution in [2.45, 2.75) is 53.0 Å². The fourth-order valence-electron chi connectivity index (χ4n) is 4.76. The smallest absolute Gasteiger partial charge is 0.277 e. The highest BCUT2D eigenvalue weighted by Gasteiger charge is 2.42. The van der Waals surface area contributed by atoms with Crippen LogP contribution in [0.2, 0.25) is 0 Å². The lowest BCUT2D eigenvalue weighted by molar-refractivity contribution is -0.137. The molecule has 2 amide bonds. The normalized spacial score (nSPS) is 16.1. The highest BCUT2D eigenvalue weighted by atomic mass is 16.5. The van der Waals surface area contributed by atoms with Crippen LogP contribution in [-0.2, 0) is 27.3 Å². The summed E-state index contributed by atoms with van der Waals surface area (Å²) in [6, 6.07) is 14.4. The Bertz CT molecular complexity index is 1070. The number of carbonyl (C=O) groups excluding carboxylic acids is 2. The van der Waals surface area contributed by atoms with Gasteiger partial charge in [0.15, 0.2) is 0 Å². The van der Waals surface area contributed by atoms with E-state index in [1.165, 1.54) is 16.0 Å². The van der Waals surface area contributed by atoms with Crippen molar-refractivity contribution >= 4 is 17.4 Å². The third-order valence-corrected chi connectivity index (χ3v) is 6.55. The molecule has 33 heavy (non-hydrogen) atoms. The van der Waals surface area contributed by atoms with Gasteiger partial charge in [0.05, 0.1) is 5.57 Å². The molecule has 0 N–H and O–H groups in total. The van der Waals surface area contributed by atoms with E-state index in [4.69, 9.17) is 4.74 Å². The van der Waals surface area contributed by atoms with Crippen LogP contribution in [0.15, 0.2) is 48.2 Å². The van der Waals surface area contributed by atoms with Crippen LogP contribution in [0.25, 0.3) is 5.57 Å². The second-order valence-electron chi connectivity index (χ2n) is 9.06. The topological polar surface area (TPSA) is 49.9 Å². The number of benzene rings is 2. The zero-order chi connectivity index (χ0) is 23.4. The van der Waals surface area contributed by atoms with Crippen LogP contribution >= 0.6 is 0 Å². The number of ether oxygens (including phenoxy) is 1. The quantitative estimate of drug-likeness (QED) is 0.416. The van der Waals surface area contributed by atoms with E-state index >= 15 is 0 Å². The van der Waals surface area contributed by atoms with E-state index in [1.54, 1.807) is 0 Å². The molecule has 5 nitrogen and oxygen atoms in total. The van der Waals surface area contributed by atoms with Gasteiger partial charge >= 0.3 is 0 Å². The first kappa shape index (κ1) is 23.2. The SMILES string of the molecule is CCCCOCCCN1C(=O)C(c2ccc(C)cc2C)=C(N2CCc3ccccc3C2)C1=O. The number of aryl methyl sites for hydroxylation is 2. The van der Waals surface area contributed by atoms with Crippen molar-refractivity contribution in [3.63, 3.8) is 0 Å². The summed E-state index contributed by atoms with van der Waals surface area (Å²) in [6.45, 7) is 9.23. The average molecular weight is 447 g/mol. The van der Waals surface area contributed by atoms with Gasteiger partial charge in [0.1, 0.15) is 5.70 Å². The average Bonchev–Trinajstić information content (AvgIpc) is 3.05. The molecule has 0 aliphatic carbocycles. The highest BCUT2D eigenvalue weighted by Crippen LogP contribution is 2.35. The van der Waals surface area contributed by atoms with E-state index < -0.39 is 0 Å². The zero-order valence-corrected chi connectivity index (χ0v) is 20.0. The Morgan fingerprint density at radius 3 is 2.45 bits per heavy atom. The molecular weight excluding hydrogens is 412 g/mol. The molecule has 2 aliphatic rings. The lowest BCUT2D eigenvalue weighted by Crippen LogP contribution is -2.38. The van der Waals surface area contributed by atoms with E-state index in [2.05, 4.69) is 36.1 Å². The number of carbonyl (C=O) groups is 2. The molecule has 174 valence electrons. The minimum Gasteiger partial charge on any atom is -0.381 e. The molecule has 0 saturated heterocycles. The largest absolute Gasteiger partial charge is 0.381 e. The molecule has 0 bridgehead atoms. The van der Waals surface area contributed by atoms with Crippen molar-refractivity contribution in [2.24, 2.45) is 0 Å². The van der Waals surface area contributed by atoms with Gasteiger partial charge in [-0.15, -0.1) is 0 Å². The maximum Gasteiger partial charge on any atom is 0.277 e. The van der Waals surface area contributed by atoms with Gasteiger partial charge in [0.2, 0.25) is 0 Å². The standard InChI is InChI=1S/C28H34N2O3/c1-4-5-16-33-17-8-14-30-27(31)25(24-12-11-20(2)18-21(24)3)26(28(30)32)29-15-13-22-9-6-7-10-23(22)19-29/h6-7,9-12,18H,4-5,8,13-17,19H2,1-3H3. The van der Waals surface area contributed by atoms with Gasteiger partial charge in [0, 0.05) is 32.8 Å². The van der Waals surface area contributed by atoms with Gasteiger partial charge in [0.25, 0.3) is 11.8 Å². The van der Waals surface area contributed by atoms with E-state index in [0.717, 1.165) is 49.1 Å². The first-order chi connectivity index (χ1) is 16.0. The zero-order valence-electron chi connectivity index (χ0n) is 20.0. The molecule has 2 aromatic carbocycles. The molecular formula is C28H34N2O3. The Hall–Kier alpha value is -2.92. The molecule has 0 radical (unpaired) electrons. The van der Waals surface area contributed by atoms with E-state index in [9.17, 15) is 9.59 Å². The summed E-state index contributed by atoms with van der Waals surface area (Å²) in [5.74, 6) is -0.364. The molecule has 0 fully saturated rings. The van der Waals surface area contributed by atoms with Crippen molar-refractivity contribution in [1.82, 2.24) is 9.80 Å². The van der Waals surface area contributed by atoms with Crippen LogP contribution in [-0.4, -0.2) is 47.9 Å². The molecule has 2 aromatic rings. The van der Waals surface area contributed by atoms with Crippen molar-refractivity contribution in [3.05, 3.63) is 76.0 Å². The van der Waals surface area contributed by atoms with Crippen molar-refractivity contribution in [1.29, 1.82) is 0 Å². The lowest BCUT2D eigenvalue weighted by Gasteiger charge is -2.31. The molecule has 5 heteroatoms. The molecule has 4 rings (SSSR count). The van der Waals surface area contributed by atoms with Gasteiger partial charge in [-0.05, 0) is 55.4 Å². The number of hydrogen-bond acceptors (Lipinski definition) is 4. The van der Waals surface area contributed by atoms with Crippen LogP contribution in [0.4, 0.5) is 0 Å². The summed E-state index contributed by atoms with van der Waals surface area (Å²) in [6.07, 6.45) is 3.64. The van der Waals surface area contributed by atoms with Crippen molar-refractivity contribution in [2.75, 3.05) is 26.3 Å². The number of fused-ring (bicyclic) bond motifs is 1. The fraction of sp³-hybridized carbons (Fsp3) is 0.429. The molecule has 0 atom stereocenters. The Labute approximate surface area is 197 Å². The summed E-state index contributed by atoms with van der Waals surface area (Å²) in [5.41, 5.74) is 6.65. The van der Waals surface area contributed by atoms with E-state index in [0.29, 0.717) is 37.4 Å². The Morgan fingerprint density at radius 1 is 0.939 bits per heavy atom. The minimum absolute atomic E-state index is 0.178. The molecule has 0 aromatic heterocycles. The Kier molecular flexibility index (Phi) is 7.29. The lowest BCUT2D eigenvalue weighted by atomic mass is 9.95. The number of unbranched alkanes of at least 4 members (excludes halogenated alkanes) is 1. The molecule has 0 saturated carbocycles. The Morgan fingerprint density at radius 2 is 1.70 bits per heavy atom. The molecule has 0 unspecified atom stereocenters. The van der Waals surface area contributed by atoms with Crippen LogP contribution in [0.5, 0.6) is 0 Å². The predicted molar refractivity (Wildman–Crippen MR) is 130 cm³/mol. The van der Waals surface area contributed by atoms with Crippen LogP contribution in [0, 0.1) is 13.8 Å². The van der Waals surface area contributed by atoms with Gasteiger partial charge in [-0.2, -0.15) is 0 Å². The number of hydrogen-bond donors (Lipinski definition) is 0. The maximum atomic E-state index is 13.6. The van der Waals surface area contributed by atoms with E-state index in [-0.39, 0.29) is 11.8 Å². The minimum atomic E-state index is -0.186. The predicted octanol–water partition coefficient (Wildman–Crippen LogP) is 4.65. The van der Waals surface area contributed by atoms with Crippen LogP contribution in [0.1, 0.15) is 54.0 Å². The second-order valence-corrected chi connectivity index (χ2v) is 9.06. The fourth-order valence-corrected chi connectivity index (χ4v) is 4.76. The van der Waals surface area contributed by atoms with Gasteiger partial charge in [-0.1, -0.05) is 61.4 Å². The first-order valence-corrected chi connectivity index (χ1v) is 12.1.